The Morgan fingerprint density at radius 3 is 2.44 bits per heavy atom. The number of Topliss-reactive ketones (excluding diaryl/α,β-unsaturated/α-hetero) is 1. The molecule has 0 unspecified atom stereocenters. The van der Waals surface area contributed by atoms with Crippen LogP contribution in [0.25, 0.3) is 5.69 Å². The van der Waals surface area contributed by atoms with Crippen LogP contribution < -0.4 is 5.32 Å². The van der Waals surface area contributed by atoms with Crippen molar-refractivity contribution in [1.82, 2.24) is 15.1 Å². The van der Waals surface area contributed by atoms with Crippen molar-refractivity contribution >= 4 is 11.7 Å². The van der Waals surface area contributed by atoms with Crippen molar-refractivity contribution in [3.63, 3.8) is 0 Å². The van der Waals surface area contributed by atoms with Crippen LogP contribution in [0.3, 0.4) is 0 Å². The van der Waals surface area contributed by atoms with Crippen molar-refractivity contribution in [1.29, 1.82) is 0 Å². The molecule has 5 nitrogen and oxygen atoms in total. The summed E-state index contributed by atoms with van der Waals surface area (Å²) in [7, 11) is 0. The third-order valence-electron chi connectivity index (χ3n) is 6.88. The van der Waals surface area contributed by atoms with Crippen LogP contribution in [0.5, 0.6) is 0 Å². The number of carbonyl (C=O) groups is 2. The summed E-state index contributed by atoms with van der Waals surface area (Å²) in [6.45, 7) is 6.45. The summed E-state index contributed by atoms with van der Waals surface area (Å²) in [6, 6.07) is 16.0. The first kappa shape index (κ1) is 23.9. The highest BCUT2D eigenvalue weighted by molar-refractivity contribution is 5.97. The third-order valence-corrected chi connectivity index (χ3v) is 6.88. The normalized spacial score (nSPS) is 13.1. The average Bonchev–Trinajstić information content (AvgIpc) is 3.61. The molecule has 1 aromatic heterocycles. The van der Waals surface area contributed by atoms with Gasteiger partial charge in [-0.25, -0.2) is 4.68 Å². The van der Waals surface area contributed by atoms with Gasteiger partial charge >= 0.3 is 0 Å². The molecule has 0 bridgehead atoms. The van der Waals surface area contributed by atoms with E-state index in [9.17, 15) is 9.59 Å². The molecule has 0 spiro atoms. The van der Waals surface area contributed by atoms with E-state index in [1.54, 1.807) is 0 Å². The minimum atomic E-state index is -0.118. The van der Waals surface area contributed by atoms with E-state index >= 15 is 0 Å². The molecule has 34 heavy (non-hydrogen) atoms. The second-order valence-electron chi connectivity index (χ2n) is 9.58. The Kier molecular flexibility index (Phi) is 7.61. The Bertz CT molecular complexity index is 1160. The number of nitrogens with zero attached hydrogens (tertiary/aromatic N) is 2. The summed E-state index contributed by atoms with van der Waals surface area (Å²) in [4.78, 5) is 25.0. The molecule has 5 heteroatoms. The number of ketones is 1. The van der Waals surface area contributed by atoms with Crippen LogP contribution >= 0.6 is 0 Å². The van der Waals surface area contributed by atoms with Crippen molar-refractivity contribution in [2.24, 2.45) is 5.92 Å². The van der Waals surface area contributed by atoms with E-state index in [-0.39, 0.29) is 24.5 Å². The van der Waals surface area contributed by atoms with Gasteiger partial charge in [0.15, 0.2) is 5.78 Å². The lowest BCUT2D eigenvalue weighted by Gasteiger charge is -2.09. The van der Waals surface area contributed by atoms with Gasteiger partial charge in [0.1, 0.15) is 0 Å². The molecule has 2 aromatic carbocycles. The highest BCUT2D eigenvalue weighted by Crippen LogP contribution is 2.33. The largest absolute Gasteiger partial charge is 0.352 e. The third kappa shape index (κ3) is 6.02. The van der Waals surface area contributed by atoms with Crippen molar-refractivity contribution in [2.45, 2.75) is 72.3 Å². The van der Waals surface area contributed by atoms with E-state index in [4.69, 9.17) is 0 Å². The van der Waals surface area contributed by atoms with Gasteiger partial charge in [0.25, 0.3) is 0 Å². The highest BCUT2D eigenvalue weighted by atomic mass is 16.2. The number of para-hydroxylation sites is 1. The summed E-state index contributed by atoms with van der Waals surface area (Å²) in [5.41, 5.74) is 7.08. The number of amides is 1. The van der Waals surface area contributed by atoms with Gasteiger partial charge in [-0.15, -0.1) is 0 Å². The van der Waals surface area contributed by atoms with Crippen LogP contribution in [0.15, 0.2) is 48.5 Å². The molecule has 3 aromatic rings. The quantitative estimate of drug-likeness (QED) is 0.370. The highest BCUT2D eigenvalue weighted by Gasteiger charge is 2.20. The first-order valence-corrected chi connectivity index (χ1v) is 12.4. The van der Waals surface area contributed by atoms with E-state index in [2.05, 4.69) is 35.5 Å². The van der Waals surface area contributed by atoms with Crippen molar-refractivity contribution < 1.29 is 9.59 Å². The van der Waals surface area contributed by atoms with E-state index in [1.807, 2.05) is 48.9 Å². The second-order valence-corrected chi connectivity index (χ2v) is 9.58. The summed E-state index contributed by atoms with van der Waals surface area (Å²) in [5.74, 6) is 0.857. The molecule has 1 amide bonds. The molecule has 0 aliphatic heterocycles. The van der Waals surface area contributed by atoms with Crippen LogP contribution in [0.4, 0.5) is 0 Å². The van der Waals surface area contributed by atoms with E-state index in [0.29, 0.717) is 12.1 Å². The second kappa shape index (κ2) is 10.8. The summed E-state index contributed by atoms with van der Waals surface area (Å²) in [5, 5.41) is 7.65. The minimum Gasteiger partial charge on any atom is -0.352 e. The predicted octanol–water partition coefficient (Wildman–Crippen LogP) is 5.81. The fourth-order valence-electron chi connectivity index (χ4n) is 4.47. The average molecular weight is 458 g/mol. The van der Waals surface area contributed by atoms with Gasteiger partial charge in [-0.05, 0) is 56.7 Å². The molecule has 1 fully saturated rings. The SMILES string of the molecule is Cc1ccccc1-n1nc(C)c(CNC(=O)CCC(=O)c2ccc(CCCC3CC3)cc2)c1C. The summed E-state index contributed by atoms with van der Waals surface area (Å²) < 4.78 is 1.94. The Morgan fingerprint density at radius 1 is 1.00 bits per heavy atom. The zero-order valence-corrected chi connectivity index (χ0v) is 20.6. The van der Waals surface area contributed by atoms with Crippen molar-refractivity contribution in [2.75, 3.05) is 0 Å². The maximum atomic E-state index is 12.6. The van der Waals surface area contributed by atoms with E-state index in [1.165, 1.54) is 31.2 Å². The van der Waals surface area contributed by atoms with Gasteiger partial charge < -0.3 is 5.32 Å². The minimum absolute atomic E-state index is 0.0133. The Balaban J connectivity index is 1.26. The van der Waals surface area contributed by atoms with E-state index < -0.39 is 0 Å². The van der Waals surface area contributed by atoms with Gasteiger partial charge in [0, 0.05) is 36.2 Å². The van der Waals surface area contributed by atoms with Crippen LogP contribution in [0, 0.1) is 26.7 Å². The maximum absolute atomic E-state index is 12.6. The number of carbonyl (C=O) groups excluding carboxylic acids is 2. The van der Waals surface area contributed by atoms with Crippen LogP contribution in [-0.2, 0) is 17.8 Å². The fourth-order valence-corrected chi connectivity index (χ4v) is 4.47. The molecule has 178 valence electrons. The van der Waals surface area contributed by atoms with Crippen molar-refractivity contribution in [3.8, 4) is 5.69 Å². The zero-order valence-electron chi connectivity index (χ0n) is 20.6. The van der Waals surface area contributed by atoms with E-state index in [0.717, 1.165) is 40.5 Å². The molecule has 1 aliphatic rings. The Morgan fingerprint density at radius 2 is 1.74 bits per heavy atom. The number of rotatable bonds is 11. The fraction of sp³-hybridized carbons (Fsp3) is 0.414. The van der Waals surface area contributed by atoms with Gasteiger partial charge in [-0.1, -0.05) is 61.7 Å². The van der Waals surface area contributed by atoms with Gasteiger partial charge in [0.2, 0.25) is 5.91 Å². The molecule has 4 rings (SSSR count). The molecular weight excluding hydrogens is 422 g/mol. The predicted molar refractivity (Wildman–Crippen MR) is 135 cm³/mol. The standard InChI is InChI=1S/C29H35N3O2/c1-20-7-4-5-10-27(20)32-22(3)26(21(2)31-32)19-30-29(34)18-17-28(33)25-15-13-24(14-16-25)9-6-8-23-11-12-23/h4-5,7,10,13-16,23H,6,8-9,11-12,17-19H2,1-3H3,(H,30,34). The number of hydrogen-bond donors (Lipinski definition) is 1. The van der Waals surface area contributed by atoms with Gasteiger partial charge in [-0.2, -0.15) is 5.10 Å². The zero-order chi connectivity index (χ0) is 24.1. The lowest BCUT2D eigenvalue weighted by molar-refractivity contribution is -0.121. The van der Waals surface area contributed by atoms with Crippen LogP contribution in [0.1, 0.15) is 77.0 Å². The molecular formula is C29H35N3O2. The van der Waals surface area contributed by atoms with Gasteiger partial charge in [-0.3, -0.25) is 9.59 Å². The summed E-state index contributed by atoms with van der Waals surface area (Å²) in [6.07, 6.45) is 6.82. The topological polar surface area (TPSA) is 64.0 Å². The lowest BCUT2D eigenvalue weighted by atomic mass is 10.0. The van der Waals surface area contributed by atoms with Crippen LogP contribution in [0.2, 0.25) is 0 Å². The van der Waals surface area contributed by atoms with Crippen LogP contribution in [-0.4, -0.2) is 21.5 Å². The number of aryl methyl sites for hydroxylation is 3. The van der Waals surface area contributed by atoms with Crippen molar-refractivity contribution in [3.05, 3.63) is 82.2 Å². The molecule has 1 aliphatic carbocycles. The summed E-state index contributed by atoms with van der Waals surface area (Å²) >= 11 is 0. The lowest BCUT2D eigenvalue weighted by Crippen LogP contribution is -2.24. The first-order chi connectivity index (χ1) is 16.4. The monoisotopic (exact) mass is 457 g/mol. The molecule has 1 N–H and O–H groups in total. The molecule has 0 saturated heterocycles. The van der Waals surface area contributed by atoms with Gasteiger partial charge in [0.05, 0.1) is 11.4 Å². The number of aromatic nitrogens is 2. The number of hydrogen-bond acceptors (Lipinski definition) is 3. The molecule has 0 radical (unpaired) electrons. The molecule has 1 saturated carbocycles. The molecule has 0 atom stereocenters. The Hall–Kier alpha value is -3.21. The smallest absolute Gasteiger partial charge is 0.220 e. The first-order valence-electron chi connectivity index (χ1n) is 12.4. The Labute approximate surface area is 202 Å². The maximum Gasteiger partial charge on any atom is 0.220 e. The number of nitrogens with one attached hydrogen (secondary N) is 1. The number of benzene rings is 2. The molecule has 1 heterocycles.